The summed E-state index contributed by atoms with van der Waals surface area (Å²) >= 11 is 1.72. The van der Waals surface area contributed by atoms with Crippen LogP contribution < -0.4 is 4.74 Å². The molecule has 3 heteroatoms. The lowest BCUT2D eigenvalue weighted by Gasteiger charge is -2.18. The van der Waals surface area contributed by atoms with E-state index in [2.05, 4.69) is 11.1 Å². The fraction of sp³-hybridized carbons (Fsp3) is 0. The van der Waals surface area contributed by atoms with E-state index in [0.717, 1.165) is 21.3 Å². The summed E-state index contributed by atoms with van der Waals surface area (Å²) in [6.07, 6.45) is 3.53. The molecule has 1 aliphatic heterocycles. The number of fused-ring (bicyclic) bond motifs is 2. The van der Waals surface area contributed by atoms with Gasteiger partial charge in [-0.15, -0.1) is 0 Å². The monoisotopic (exact) mass is 201 g/mol. The Kier molecular flexibility index (Phi) is 1.70. The second-order valence-electron chi connectivity index (χ2n) is 2.97. The molecule has 0 saturated heterocycles. The van der Waals surface area contributed by atoms with Crippen LogP contribution in [0.2, 0.25) is 0 Å². The van der Waals surface area contributed by atoms with E-state index in [9.17, 15) is 0 Å². The number of nitrogens with zero attached hydrogens (tertiary/aromatic N) is 1. The maximum atomic E-state index is 5.69. The van der Waals surface area contributed by atoms with E-state index in [1.165, 1.54) is 0 Å². The summed E-state index contributed by atoms with van der Waals surface area (Å²) < 4.78 is 5.69. The summed E-state index contributed by atoms with van der Waals surface area (Å²) in [6.45, 7) is 0. The average Bonchev–Trinajstić information content (AvgIpc) is 2.26. The lowest BCUT2D eigenvalue weighted by atomic mass is 10.3. The van der Waals surface area contributed by atoms with Gasteiger partial charge in [-0.25, -0.2) is 0 Å². The van der Waals surface area contributed by atoms with Crippen LogP contribution >= 0.6 is 11.8 Å². The number of hydrogen-bond donors (Lipinski definition) is 0. The molecule has 0 fully saturated rings. The lowest BCUT2D eigenvalue weighted by Crippen LogP contribution is -1.94. The van der Waals surface area contributed by atoms with Crippen LogP contribution in [0.15, 0.2) is 52.5 Å². The highest BCUT2D eigenvalue weighted by molar-refractivity contribution is 7.99. The number of hydrogen-bond acceptors (Lipinski definition) is 3. The van der Waals surface area contributed by atoms with Crippen molar-refractivity contribution in [3.63, 3.8) is 0 Å². The molecule has 1 aromatic carbocycles. The predicted molar refractivity (Wildman–Crippen MR) is 54.9 cm³/mol. The van der Waals surface area contributed by atoms with E-state index in [1.54, 1.807) is 24.2 Å². The van der Waals surface area contributed by atoms with Gasteiger partial charge in [0.2, 0.25) is 0 Å². The zero-order valence-corrected chi connectivity index (χ0v) is 8.12. The standard InChI is InChI=1S/C11H7NOS/c1-2-4-10-8(3-1)13-9-7-12-6-5-11(9)14-10/h1-7H. The zero-order valence-electron chi connectivity index (χ0n) is 7.31. The molecule has 0 bridgehead atoms. The first-order chi connectivity index (χ1) is 6.93. The first-order valence-electron chi connectivity index (χ1n) is 4.32. The number of para-hydroxylation sites is 1. The molecule has 2 heterocycles. The second-order valence-corrected chi connectivity index (χ2v) is 4.06. The van der Waals surface area contributed by atoms with Gasteiger partial charge in [-0.3, -0.25) is 4.98 Å². The van der Waals surface area contributed by atoms with Gasteiger partial charge in [0.15, 0.2) is 5.75 Å². The summed E-state index contributed by atoms with van der Waals surface area (Å²) in [5.41, 5.74) is 0. The largest absolute Gasteiger partial charge is 0.453 e. The second kappa shape index (κ2) is 3.03. The zero-order chi connectivity index (χ0) is 9.38. The van der Waals surface area contributed by atoms with Crippen LogP contribution in [0.1, 0.15) is 0 Å². The Labute approximate surface area is 85.9 Å². The Morgan fingerprint density at radius 1 is 1.00 bits per heavy atom. The maximum Gasteiger partial charge on any atom is 0.159 e. The summed E-state index contributed by atoms with van der Waals surface area (Å²) in [5.74, 6) is 1.76. The van der Waals surface area contributed by atoms with E-state index >= 15 is 0 Å². The van der Waals surface area contributed by atoms with Crippen molar-refractivity contribution >= 4 is 11.8 Å². The molecule has 0 unspecified atom stereocenters. The van der Waals surface area contributed by atoms with Crippen LogP contribution in [-0.4, -0.2) is 4.98 Å². The minimum absolute atomic E-state index is 0.844. The van der Waals surface area contributed by atoms with Crippen molar-refractivity contribution in [1.82, 2.24) is 4.98 Å². The molecule has 1 aliphatic rings. The molecule has 2 aromatic rings. The van der Waals surface area contributed by atoms with Crippen molar-refractivity contribution in [2.75, 3.05) is 0 Å². The van der Waals surface area contributed by atoms with Crippen molar-refractivity contribution < 1.29 is 4.74 Å². The summed E-state index contributed by atoms with van der Waals surface area (Å²) in [7, 11) is 0. The summed E-state index contributed by atoms with van der Waals surface area (Å²) in [6, 6.07) is 9.99. The first-order valence-corrected chi connectivity index (χ1v) is 5.14. The smallest absolute Gasteiger partial charge is 0.159 e. The lowest BCUT2D eigenvalue weighted by molar-refractivity contribution is 0.452. The first kappa shape index (κ1) is 7.88. The molecule has 68 valence electrons. The molecule has 0 atom stereocenters. The van der Waals surface area contributed by atoms with E-state index in [0.29, 0.717) is 0 Å². The average molecular weight is 201 g/mol. The van der Waals surface area contributed by atoms with Gasteiger partial charge in [-0.1, -0.05) is 23.9 Å². The van der Waals surface area contributed by atoms with E-state index in [-0.39, 0.29) is 0 Å². The van der Waals surface area contributed by atoms with Gasteiger partial charge < -0.3 is 4.74 Å². The topological polar surface area (TPSA) is 22.1 Å². The summed E-state index contributed by atoms with van der Waals surface area (Å²) in [4.78, 5) is 6.31. The molecule has 3 rings (SSSR count). The van der Waals surface area contributed by atoms with E-state index < -0.39 is 0 Å². The number of ether oxygens (including phenoxy) is 1. The Hall–Kier alpha value is -1.48. The van der Waals surface area contributed by atoms with Crippen molar-refractivity contribution in [2.45, 2.75) is 9.79 Å². The van der Waals surface area contributed by atoms with Gasteiger partial charge in [0, 0.05) is 6.20 Å². The van der Waals surface area contributed by atoms with Crippen LogP contribution in [0.25, 0.3) is 0 Å². The van der Waals surface area contributed by atoms with E-state index in [1.807, 2.05) is 24.3 Å². The number of pyridine rings is 1. The normalized spacial score (nSPS) is 12.6. The van der Waals surface area contributed by atoms with Crippen molar-refractivity contribution in [3.05, 3.63) is 42.7 Å². The molecule has 2 nitrogen and oxygen atoms in total. The third-order valence-electron chi connectivity index (χ3n) is 2.04. The third kappa shape index (κ3) is 1.17. The molecular formula is C11H7NOS. The highest BCUT2D eigenvalue weighted by Crippen LogP contribution is 2.45. The molecular weight excluding hydrogens is 194 g/mol. The van der Waals surface area contributed by atoms with Crippen molar-refractivity contribution in [1.29, 1.82) is 0 Å². The van der Waals surface area contributed by atoms with Gasteiger partial charge in [0.05, 0.1) is 16.0 Å². The minimum atomic E-state index is 0.844. The number of aromatic nitrogens is 1. The van der Waals surface area contributed by atoms with Gasteiger partial charge in [0.25, 0.3) is 0 Å². The molecule has 0 radical (unpaired) electrons. The van der Waals surface area contributed by atoms with Crippen LogP contribution in [0, 0.1) is 0 Å². The van der Waals surface area contributed by atoms with Crippen molar-refractivity contribution in [2.24, 2.45) is 0 Å². The minimum Gasteiger partial charge on any atom is -0.453 e. The molecule has 1 aromatic heterocycles. The molecule has 14 heavy (non-hydrogen) atoms. The molecule has 0 N–H and O–H groups in total. The fourth-order valence-electron chi connectivity index (χ4n) is 1.38. The van der Waals surface area contributed by atoms with Crippen LogP contribution in [0.5, 0.6) is 11.5 Å². The van der Waals surface area contributed by atoms with Gasteiger partial charge in [0.1, 0.15) is 5.75 Å². The quantitative estimate of drug-likeness (QED) is 0.557. The number of rotatable bonds is 0. The Bertz CT molecular complexity index is 397. The molecule has 0 spiro atoms. The highest BCUT2D eigenvalue weighted by atomic mass is 32.2. The van der Waals surface area contributed by atoms with Crippen molar-refractivity contribution in [3.8, 4) is 11.5 Å². The Morgan fingerprint density at radius 2 is 1.86 bits per heavy atom. The van der Waals surface area contributed by atoms with Gasteiger partial charge >= 0.3 is 0 Å². The number of benzene rings is 1. The molecule has 0 aliphatic carbocycles. The Balaban J connectivity index is 2.12. The van der Waals surface area contributed by atoms with Gasteiger partial charge in [-0.05, 0) is 18.2 Å². The molecule has 0 saturated carbocycles. The third-order valence-corrected chi connectivity index (χ3v) is 3.15. The maximum absolute atomic E-state index is 5.69. The van der Waals surface area contributed by atoms with Crippen LogP contribution in [0.3, 0.4) is 0 Å². The van der Waals surface area contributed by atoms with Crippen LogP contribution in [-0.2, 0) is 0 Å². The Morgan fingerprint density at radius 3 is 2.86 bits per heavy atom. The fourth-order valence-corrected chi connectivity index (χ4v) is 2.30. The predicted octanol–water partition coefficient (Wildman–Crippen LogP) is 3.34. The van der Waals surface area contributed by atoms with E-state index in [4.69, 9.17) is 4.74 Å². The van der Waals surface area contributed by atoms with Gasteiger partial charge in [-0.2, -0.15) is 0 Å². The SMILES string of the molecule is c1ccc2c(c1)Oc1cnccc1S2. The van der Waals surface area contributed by atoms with Crippen LogP contribution in [0.4, 0.5) is 0 Å². The summed E-state index contributed by atoms with van der Waals surface area (Å²) in [5, 5.41) is 0. The molecule has 0 amide bonds. The highest BCUT2D eigenvalue weighted by Gasteiger charge is 2.16.